The summed E-state index contributed by atoms with van der Waals surface area (Å²) in [6.07, 6.45) is 0. The molecule has 0 N–H and O–H groups in total. The Bertz CT molecular complexity index is 341. The van der Waals surface area contributed by atoms with Crippen LogP contribution in [0.5, 0.6) is 0 Å². The highest BCUT2D eigenvalue weighted by Crippen LogP contribution is 2.83. The first-order valence-electron chi connectivity index (χ1n) is 7.74. The summed E-state index contributed by atoms with van der Waals surface area (Å²) >= 11 is 0. The highest BCUT2D eigenvalue weighted by Gasteiger charge is 2.70. The predicted molar refractivity (Wildman–Crippen MR) is 86.2 cm³/mol. The van der Waals surface area contributed by atoms with Gasteiger partial charge in [0.25, 0.3) is 0 Å². The molecule has 114 valence electrons. The van der Waals surface area contributed by atoms with Gasteiger partial charge in [0.15, 0.2) is 7.29 Å². The monoisotopic (exact) mass is 287 g/mol. The zero-order chi connectivity index (χ0) is 15.2. The topological polar surface area (TPSA) is 20.3 Å². The maximum Gasteiger partial charge on any atom is 0.161 e. The molecule has 0 aromatic carbocycles. The van der Waals surface area contributed by atoms with E-state index in [0.717, 1.165) is 13.1 Å². The molecule has 0 aliphatic carbocycles. The van der Waals surface area contributed by atoms with Gasteiger partial charge in [0.1, 0.15) is 0 Å². The molecule has 0 spiro atoms. The zero-order valence-corrected chi connectivity index (χ0v) is 15.3. The average Bonchev–Trinajstić information content (AvgIpc) is 2.23. The van der Waals surface area contributed by atoms with E-state index in [1.165, 1.54) is 0 Å². The SMILES string of the molecule is CC(C)CN(CC(C)C)P1(=O)C(C)(C)C(C)C1(C)C. The number of rotatable bonds is 5. The minimum atomic E-state index is -2.34. The maximum absolute atomic E-state index is 13.9. The van der Waals surface area contributed by atoms with Gasteiger partial charge in [-0.15, -0.1) is 0 Å². The van der Waals surface area contributed by atoms with E-state index in [-0.39, 0.29) is 10.3 Å². The van der Waals surface area contributed by atoms with Crippen molar-refractivity contribution in [2.45, 2.75) is 72.6 Å². The van der Waals surface area contributed by atoms with Gasteiger partial charge in [0.2, 0.25) is 0 Å². The second-order valence-electron chi connectivity index (χ2n) is 8.26. The molecular formula is C16H34NOP. The molecule has 0 aromatic heterocycles. The van der Waals surface area contributed by atoms with Crippen molar-refractivity contribution in [1.29, 1.82) is 0 Å². The van der Waals surface area contributed by atoms with E-state index in [1.54, 1.807) is 0 Å². The van der Waals surface area contributed by atoms with Crippen molar-refractivity contribution in [3.8, 4) is 0 Å². The van der Waals surface area contributed by atoms with Crippen molar-refractivity contribution in [1.82, 2.24) is 4.67 Å². The summed E-state index contributed by atoms with van der Waals surface area (Å²) in [5.41, 5.74) is 0. The minimum absolute atomic E-state index is 0.0553. The van der Waals surface area contributed by atoms with E-state index in [4.69, 9.17) is 0 Å². The van der Waals surface area contributed by atoms with Crippen LogP contribution in [0.3, 0.4) is 0 Å². The lowest BCUT2D eigenvalue weighted by atomic mass is 9.83. The molecule has 19 heavy (non-hydrogen) atoms. The Morgan fingerprint density at radius 1 is 0.947 bits per heavy atom. The van der Waals surface area contributed by atoms with Gasteiger partial charge in [0, 0.05) is 23.4 Å². The Balaban J connectivity index is 3.16. The van der Waals surface area contributed by atoms with E-state index >= 15 is 0 Å². The summed E-state index contributed by atoms with van der Waals surface area (Å²) in [6, 6.07) is 0. The predicted octanol–water partition coefficient (Wildman–Crippen LogP) is 5.09. The summed E-state index contributed by atoms with van der Waals surface area (Å²) < 4.78 is 16.2. The van der Waals surface area contributed by atoms with Gasteiger partial charge in [-0.05, 0) is 17.8 Å². The van der Waals surface area contributed by atoms with E-state index in [2.05, 4.69) is 67.0 Å². The van der Waals surface area contributed by atoms with Crippen molar-refractivity contribution in [2.75, 3.05) is 13.1 Å². The van der Waals surface area contributed by atoms with Crippen molar-refractivity contribution >= 4 is 7.29 Å². The summed E-state index contributed by atoms with van der Waals surface area (Å²) in [6.45, 7) is 21.9. The second kappa shape index (κ2) is 5.19. The smallest absolute Gasteiger partial charge is 0.161 e. The third kappa shape index (κ3) is 2.44. The van der Waals surface area contributed by atoms with Crippen LogP contribution in [0.4, 0.5) is 0 Å². The number of hydrogen-bond donors (Lipinski definition) is 0. The molecule has 1 aliphatic heterocycles. The second-order valence-corrected chi connectivity index (χ2v) is 12.3. The van der Waals surface area contributed by atoms with Crippen LogP contribution in [-0.2, 0) is 4.57 Å². The average molecular weight is 287 g/mol. The molecule has 1 aliphatic rings. The molecule has 1 saturated heterocycles. The zero-order valence-electron chi connectivity index (χ0n) is 14.4. The first-order valence-corrected chi connectivity index (χ1v) is 9.40. The summed E-state index contributed by atoms with van der Waals surface area (Å²) in [5, 5.41) is -0.111. The lowest BCUT2D eigenvalue weighted by molar-refractivity contribution is 0.210. The van der Waals surface area contributed by atoms with Gasteiger partial charge in [-0.1, -0.05) is 62.3 Å². The third-order valence-corrected chi connectivity index (χ3v) is 10.3. The van der Waals surface area contributed by atoms with Crippen LogP contribution in [0, 0.1) is 17.8 Å². The van der Waals surface area contributed by atoms with Crippen LogP contribution in [0.25, 0.3) is 0 Å². The normalized spacial score (nSPS) is 32.9. The van der Waals surface area contributed by atoms with Crippen LogP contribution >= 0.6 is 7.29 Å². The Kier molecular flexibility index (Phi) is 4.71. The van der Waals surface area contributed by atoms with Crippen molar-refractivity contribution < 1.29 is 4.57 Å². The van der Waals surface area contributed by atoms with Crippen LogP contribution in [0.1, 0.15) is 62.3 Å². The van der Waals surface area contributed by atoms with Gasteiger partial charge in [-0.25, -0.2) is 0 Å². The van der Waals surface area contributed by atoms with E-state index in [9.17, 15) is 4.57 Å². The highest BCUT2D eigenvalue weighted by atomic mass is 31.2. The molecular weight excluding hydrogens is 253 g/mol. The van der Waals surface area contributed by atoms with Crippen LogP contribution < -0.4 is 0 Å². The molecule has 1 fully saturated rings. The van der Waals surface area contributed by atoms with Crippen molar-refractivity contribution in [3.63, 3.8) is 0 Å². The number of hydrogen-bond acceptors (Lipinski definition) is 1. The standard InChI is InChI=1S/C16H34NOP/c1-12(2)10-17(11-13(3)4)19(18)15(6,7)14(5)16(19,8)9/h12-14H,10-11H2,1-9H3. The van der Waals surface area contributed by atoms with Crippen molar-refractivity contribution in [3.05, 3.63) is 0 Å². The van der Waals surface area contributed by atoms with Crippen LogP contribution in [0.2, 0.25) is 0 Å². The molecule has 0 unspecified atom stereocenters. The summed E-state index contributed by atoms with van der Waals surface area (Å²) in [4.78, 5) is 0. The fraction of sp³-hybridized carbons (Fsp3) is 1.00. The van der Waals surface area contributed by atoms with Gasteiger partial charge < -0.3 is 4.57 Å². The third-order valence-electron chi connectivity index (χ3n) is 5.23. The quantitative estimate of drug-likeness (QED) is 0.657. The molecule has 0 saturated carbocycles. The van der Waals surface area contributed by atoms with Gasteiger partial charge in [-0.2, -0.15) is 0 Å². The molecule has 2 nitrogen and oxygen atoms in total. The Hall–Kier alpha value is 0.190. The lowest BCUT2D eigenvalue weighted by Gasteiger charge is -2.66. The fourth-order valence-electron chi connectivity index (χ4n) is 3.94. The molecule has 3 heteroatoms. The Morgan fingerprint density at radius 3 is 1.53 bits per heavy atom. The highest BCUT2D eigenvalue weighted by molar-refractivity contribution is 7.66. The summed E-state index contributed by atoms with van der Waals surface area (Å²) in [7, 11) is -2.34. The summed E-state index contributed by atoms with van der Waals surface area (Å²) in [5.74, 6) is 1.63. The molecule has 0 radical (unpaired) electrons. The van der Waals surface area contributed by atoms with E-state index in [0.29, 0.717) is 17.8 Å². The molecule has 0 aromatic rings. The lowest BCUT2D eigenvalue weighted by Crippen LogP contribution is -2.62. The maximum atomic E-state index is 13.9. The van der Waals surface area contributed by atoms with E-state index in [1.807, 2.05) is 0 Å². The van der Waals surface area contributed by atoms with Crippen LogP contribution in [-0.4, -0.2) is 28.1 Å². The van der Waals surface area contributed by atoms with E-state index < -0.39 is 7.29 Å². The minimum Gasteiger partial charge on any atom is -0.305 e. The number of nitrogens with zero attached hydrogens (tertiary/aromatic N) is 1. The molecule has 1 heterocycles. The van der Waals surface area contributed by atoms with Gasteiger partial charge in [-0.3, -0.25) is 4.67 Å². The fourth-order valence-corrected chi connectivity index (χ4v) is 9.49. The van der Waals surface area contributed by atoms with Gasteiger partial charge >= 0.3 is 0 Å². The molecule has 0 bridgehead atoms. The molecule has 0 atom stereocenters. The van der Waals surface area contributed by atoms with Gasteiger partial charge in [0.05, 0.1) is 0 Å². The first kappa shape index (κ1) is 17.2. The molecule has 1 rings (SSSR count). The van der Waals surface area contributed by atoms with Crippen LogP contribution in [0.15, 0.2) is 0 Å². The first-order chi connectivity index (χ1) is 8.39. The Labute approximate surface area is 120 Å². The Morgan fingerprint density at radius 2 is 1.26 bits per heavy atom. The largest absolute Gasteiger partial charge is 0.305 e. The van der Waals surface area contributed by atoms with Crippen molar-refractivity contribution in [2.24, 2.45) is 17.8 Å². The molecule has 0 amide bonds.